The Morgan fingerprint density at radius 3 is 2.76 bits per heavy atom. The number of carbonyl (C=O) groups excluding carboxylic acids is 1. The molecule has 0 aliphatic rings. The number of hydrogen-bond acceptors (Lipinski definition) is 4. The summed E-state index contributed by atoms with van der Waals surface area (Å²) in [4.78, 5) is 18.6. The third kappa shape index (κ3) is 2.96. The minimum atomic E-state index is -0.216. The molecule has 2 aromatic heterocycles. The van der Waals surface area contributed by atoms with Gasteiger partial charge in [0.2, 0.25) is 0 Å². The molecule has 1 unspecified atom stereocenters. The van der Waals surface area contributed by atoms with Crippen LogP contribution in [0.5, 0.6) is 0 Å². The number of thiazole rings is 1. The summed E-state index contributed by atoms with van der Waals surface area (Å²) in [6.07, 6.45) is 0. The van der Waals surface area contributed by atoms with Gasteiger partial charge in [-0.05, 0) is 31.2 Å². The minimum absolute atomic E-state index is 0.193. The van der Waals surface area contributed by atoms with Gasteiger partial charge in [-0.2, -0.15) is 0 Å². The Balaban J connectivity index is 1.52. The van der Waals surface area contributed by atoms with E-state index >= 15 is 0 Å². The van der Waals surface area contributed by atoms with Crippen LogP contribution in [0.15, 0.2) is 59.0 Å². The Labute approximate surface area is 148 Å². The first-order valence-electron chi connectivity index (χ1n) is 7.99. The van der Waals surface area contributed by atoms with E-state index in [-0.39, 0.29) is 12.1 Å². The fourth-order valence-electron chi connectivity index (χ4n) is 2.68. The average molecular weight is 351 g/mol. The molecule has 0 aliphatic heterocycles. The van der Waals surface area contributed by atoms with E-state index in [4.69, 9.17) is 4.42 Å². The van der Waals surface area contributed by atoms with Gasteiger partial charge in [0.05, 0.1) is 16.3 Å². The van der Waals surface area contributed by atoms with Crippen molar-refractivity contribution in [2.45, 2.75) is 13.0 Å². The van der Waals surface area contributed by atoms with Crippen LogP contribution in [0.3, 0.4) is 0 Å². The van der Waals surface area contributed by atoms with Gasteiger partial charge < -0.3 is 9.32 Å². The molecule has 0 radical (unpaired) electrons. The smallest absolute Gasteiger partial charge is 0.324 e. The fourth-order valence-corrected chi connectivity index (χ4v) is 3.54. The number of amides is 2. The summed E-state index contributed by atoms with van der Waals surface area (Å²) in [6, 6.07) is 17.2. The molecule has 0 fully saturated rings. The quantitative estimate of drug-likeness (QED) is 0.547. The normalized spacial score (nSPS) is 12.4. The summed E-state index contributed by atoms with van der Waals surface area (Å²) >= 11 is 1.46. The fraction of sp³-hybridized carbons (Fsp3) is 0.158. The highest BCUT2D eigenvalue weighted by molar-refractivity contribution is 7.22. The van der Waals surface area contributed by atoms with Crippen LogP contribution in [-0.4, -0.2) is 23.0 Å². The van der Waals surface area contributed by atoms with Gasteiger partial charge in [0.1, 0.15) is 11.3 Å². The molecule has 6 heteroatoms. The van der Waals surface area contributed by atoms with E-state index in [0.29, 0.717) is 5.13 Å². The molecule has 2 amide bonds. The maximum atomic E-state index is 12.6. The summed E-state index contributed by atoms with van der Waals surface area (Å²) in [6.45, 7) is 1.94. The van der Waals surface area contributed by atoms with Crippen molar-refractivity contribution in [1.82, 2.24) is 9.88 Å². The van der Waals surface area contributed by atoms with Crippen LogP contribution in [0.4, 0.5) is 9.93 Å². The summed E-state index contributed by atoms with van der Waals surface area (Å²) < 4.78 is 6.91. The summed E-state index contributed by atoms with van der Waals surface area (Å²) in [5.41, 5.74) is 1.71. The first kappa shape index (κ1) is 15.7. The van der Waals surface area contributed by atoms with E-state index in [1.165, 1.54) is 11.3 Å². The average Bonchev–Trinajstić information content (AvgIpc) is 3.23. The Bertz CT molecular complexity index is 987. The van der Waals surface area contributed by atoms with Crippen LogP contribution in [0.25, 0.3) is 21.2 Å². The molecule has 4 rings (SSSR count). The molecule has 0 bridgehead atoms. The first-order chi connectivity index (χ1) is 12.1. The Morgan fingerprint density at radius 1 is 1.20 bits per heavy atom. The lowest BCUT2D eigenvalue weighted by Crippen LogP contribution is -2.33. The number of aromatic nitrogens is 1. The highest BCUT2D eigenvalue weighted by atomic mass is 32.1. The van der Waals surface area contributed by atoms with Crippen LogP contribution < -0.4 is 5.32 Å². The second-order valence-electron chi connectivity index (χ2n) is 5.89. The first-order valence-corrected chi connectivity index (χ1v) is 8.81. The summed E-state index contributed by atoms with van der Waals surface area (Å²) in [7, 11) is 1.75. The van der Waals surface area contributed by atoms with Gasteiger partial charge >= 0.3 is 6.03 Å². The maximum absolute atomic E-state index is 12.6. The number of hydrogen-bond donors (Lipinski definition) is 1. The third-order valence-electron chi connectivity index (χ3n) is 4.27. The molecule has 4 aromatic rings. The highest BCUT2D eigenvalue weighted by Crippen LogP contribution is 2.28. The predicted octanol–water partition coefficient (Wildman–Crippen LogP) is 5.27. The van der Waals surface area contributed by atoms with Gasteiger partial charge in [0.15, 0.2) is 5.13 Å². The van der Waals surface area contributed by atoms with E-state index in [0.717, 1.165) is 26.9 Å². The molecule has 2 aromatic carbocycles. The van der Waals surface area contributed by atoms with E-state index in [9.17, 15) is 4.79 Å². The zero-order valence-electron chi connectivity index (χ0n) is 13.9. The molecule has 0 saturated heterocycles. The van der Waals surface area contributed by atoms with Crippen molar-refractivity contribution in [2.75, 3.05) is 12.4 Å². The van der Waals surface area contributed by atoms with Crippen LogP contribution in [0.2, 0.25) is 0 Å². The summed E-state index contributed by atoms with van der Waals surface area (Å²) in [5.74, 6) is 0.753. The van der Waals surface area contributed by atoms with Crippen LogP contribution >= 0.6 is 11.3 Å². The molecule has 0 spiro atoms. The number of para-hydroxylation sites is 2. The standard InChI is InChI=1S/C19H17N3O2S/c1-12(16-11-13-7-3-5-9-15(13)24-16)22(2)19(23)21-18-20-14-8-4-6-10-17(14)25-18/h3-12H,1-2H3,(H,20,21,23). The molecule has 1 N–H and O–H groups in total. The van der Waals surface area contributed by atoms with Gasteiger partial charge in [0, 0.05) is 12.4 Å². The van der Waals surface area contributed by atoms with Gasteiger partial charge in [-0.3, -0.25) is 5.32 Å². The third-order valence-corrected chi connectivity index (χ3v) is 5.22. The number of carbonyl (C=O) groups is 1. The lowest BCUT2D eigenvalue weighted by molar-refractivity contribution is 0.201. The molecular weight excluding hydrogens is 334 g/mol. The maximum Gasteiger partial charge on any atom is 0.324 e. The van der Waals surface area contributed by atoms with Gasteiger partial charge in [-0.1, -0.05) is 41.7 Å². The van der Waals surface area contributed by atoms with Crippen molar-refractivity contribution < 1.29 is 9.21 Å². The van der Waals surface area contributed by atoms with Crippen LogP contribution in [-0.2, 0) is 0 Å². The van der Waals surface area contributed by atoms with Gasteiger partial charge in [-0.15, -0.1) is 0 Å². The van der Waals surface area contributed by atoms with Gasteiger partial charge in [-0.25, -0.2) is 9.78 Å². The molecule has 2 heterocycles. The minimum Gasteiger partial charge on any atom is -0.459 e. The van der Waals surface area contributed by atoms with Crippen LogP contribution in [0.1, 0.15) is 18.7 Å². The number of anilines is 1. The SMILES string of the molecule is CC(c1cc2ccccc2o1)N(C)C(=O)Nc1nc2ccccc2s1. The lowest BCUT2D eigenvalue weighted by Gasteiger charge is -2.22. The number of furan rings is 1. The van der Waals surface area contributed by atoms with Crippen molar-refractivity contribution in [3.05, 3.63) is 60.4 Å². The predicted molar refractivity (Wildman–Crippen MR) is 101 cm³/mol. The highest BCUT2D eigenvalue weighted by Gasteiger charge is 2.21. The van der Waals surface area contributed by atoms with E-state index in [1.807, 2.05) is 61.5 Å². The number of fused-ring (bicyclic) bond motifs is 2. The zero-order valence-corrected chi connectivity index (χ0v) is 14.7. The van der Waals surface area contributed by atoms with Crippen molar-refractivity contribution >= 4 is 43.7 Å². The van der Waals surface area contributed by atoms with Crippen LogP contribution in [0, 0.1) is 0 Å². The zero-order chi connectivity index (χ0) is 17.4. The largest absolute Gasteiger partial charge is 0.459 e. The number of urea groups is 1. The number of rotatable bonds is 3. The van der Waals surface area contributed by atoms with Crippen molar-refractivity contribution in [2.24, 2.45) is 0 Å². The van der Waals surface area contributed by atoms with E-state index in [2.05, 4.69) is 10.3 Å². The number of nitrogens with one attached hydrogen (secondary N) is 1. The van der Waals surface area contributed by atoms with Crippen molar-refractivity contribution in [1.29, 1.82) is 0 Å². The number of nitrogens with zero attached hydrogens (tertiary/aromatic N) is 2. The van der Waals surface area contributed by atoms with Gasteiger partial charge in [0.25, 0.3) is 0 Å². The molecule has 25 heavy (non-hydrogen) atoms. The molecule has 0 saturated carbocycles. The monoisotopic (exact) mass is 351 g/mol. The lowest BCUT2D eigenvalue weighted by atomic mass is 10.2. The molecule has 1 atom stereocenters. The Morgan fingerprint density at radius 2 is 1.96 bits per heavy atom. The second kappa shape index (κ2) is 6.22. The molecule has 5 nitrogen and oxygen atoms in total. The molecular formula is C19H17N3O2S. The van der Waals surface area contributed by atoms with E-state index < -0.39 is 0 Å². The Hall–Kier alpha value is -2.86. The second-order valence-corrected chi connectivity index (χ2v) is 6.92. The Kier molecular flexibility index (Phi) is 3.89. The topological polar surface area (TPSA) is 58.4 Å². The number of benzene rings is 2. The molecule has 0 aliphatic carbocycles. The van der Waals surface area contributed by atoms with E-state index in [1.54, 1.807) is 11.9 Å². The summed E-state index contributed by atoms with van der Waals surface area (Å²) in [5, 5.41) is 4.49. The molecule has 126 valence electrons. The van der Waals surface area contributed by atoms with Crippen molar-refractivity contribution in [3.63, 3.8) is 0 Å². The van der Waals surface area contributed by atoms with Crippen molar-refractivity contribution in [3.8, 4) is 0 Å².